The van der Waals surface area contributed by atoms with Crippen molar-refractivity contribution in [1.29, 1.82) is 0 Å². The molecule has 20 heavy (non-hydrogen) atoms. The fourth-order valence-electron chi connectivity index (χ4n) is 2.91. The second kappa shape index (κ2) is 6.08. The van der Waals surface area contributed by atoms with Gasteiger partial charge in [0, 0.05) is 5.56 Å². The second-order valence-electron chi connectivity index (χ2n) is 5.95. The van der Waals surface area contributed by atoms with Crippen molar-refractivity contribution in [2.45, 2.75) is 39.5 Å². The van der Waals surface area contributed by atoms with Crippen LogP contribution in [0.3, 0.4) is 0 Å². The number of carbonyl (C=O) groups excluding carboxylic acids is 1. The van der Waals surface area contributed by atoms with Gasteiger partial charge in [0.1, 0.15) is 5.75 Å². The minimum Gasteiger partial charge on any atom is -0.293 e. The third kappa shape index (κ3) is 3.92. The number of aryl methyl sites for hydroxylation is 2. The summed E-state index contributed by atoms with van der Waals surface area (Å²) in [6, 6.07) is 5.58. The molecule has 0 bridgehead atoms. The van der Waals surface area contributed by atoms with Gasteiger partial charge in [-0.1, -0.05) is 30.5 Å². The Morgan fingerprint density at radius 1 is 1.20 bits per heavy atom. The molecule has 0 amide bonds. The van der Waals surface area contributed by atoms with E-state index in [0.29, 0.717) is 5.56 Å². The van der Waals surface area contributed by atoms with Gasteiger partial charge in [-0.05, 0) is 44.2 Å². The van der Waals surface area contributed by atoms with E-state index in [1.807, 2.05) is 26.0 Å². The van der Waals surface area contributed by atoms with Crippen LogP contribution < -0.4 is 0 Å². The Morgan fingerprint density at radius 3 is 2.50 bits per heavy atom. The molecule has 3 nitrogen and oxygen atoms in total. The van der Waals surface area contributed by atoms with E-state index in [9.17, 15) is 13.2 Å². The molecule has 0 aromatic heterocycles. The van der Waals surface area contributed by atoms with Crippen molar-refractivity contribution < 1.29 is 13.2 Å². The number of rotatable bonds is 5. The molecule has 1 aromatic carbocycles. The van der Waals surface area contributed by atoms with Crippen molar-refractivity contribution in [3.8, 4) is 0 Å². The van der Waals surface area contributed by atoms with Crippen molar-refractivity contribution in [2.24, 2.45) is 5.92 Å². The molecule has 0 spiro atoms. The highest BCUT2D eigenvalue weighted by Gasteiger charge is 2.25. The summed E-state index contributed by atoms with van der Waals surface area (Å²) in [5, 5.41) is 0. The molecule has 4 heteroatoms. The smallest absolute Gasteiger partial charge is 0.178 e. The van der Waals surface area contributed by atoms with Crippen LogP contribution >= 0.6 is 0 Å². The fraction of sp³-hybridized carbons (Fsp3) is 0.562. The summed E-state index contributed by atoms with van der Waals surface area (Å²) in [6.45, 7) is 3.75. The molecular weight excluding hydrogens is 272 g/mol. The lowest BCUT2D eigenvalue weighted by Crippen LogP contribution is -2.23. The monoisotopic (exact) mass is 294 g/mol. The Labute approximate surface area is 121 Å². The van der Waals surface area contributed by atoms with E-state index in [0.717, 1.165) is 36.8 Å². The number of hydrogen-bond donors (Lipinski definition) is 0. The van der Waals surface area contributed by atoms with Crippen LogP contribution in [0.5, 0.6) is 0 Å². The maximum atomic E-state index is 12.2. The molecule has 2 rings (SSSR count). The molecule has 1 aliphatic carbocycles. The molecule has 110 valence electrons. The highest BCUT2D eigenvalue weighted by atomic mass is 32.2. The predicted molar refractivity (Wildman–Crippen MR) is 80.9 cm³/mol. The first kappa shape index (κ1) is 15.2. The van der Waals surface area contributed by atoms with Crippen LogP contribution in [0.15, 0.2) is 18.2 Å². The minimum atomic E-state index is -3.29. The summed E-state index contributed by atoms with van der Waals surface area (Å²) >= 11 is 0. The second-order valence-corrected chi connectivity index (χ2v) is 8.06. The third-order valence-electron chi connectivity index (χ3n) is 4.01. The summed E-state index contributed by atoms with van der Waals surface area (Å²) in [5.74, 6) is -0.201. The number of sulfone groups is 1. The number of hydrogen-bond acceptors (Lipinski definition) is 3. The maximum Gasteiger partial charge on any atom is 0.178 e. The number of Topliss-reactive ketones (excluding diaryl/α,β-unsaturated/α-hetero) is 1. The topological polar surface area (TPSA) is 51.2 Å². The minimum absolute atomic E-state index is 0.170. The van der Waals surface area contributed by atoms with E-state index in [2.05, 4.69) is 0 Å². The molecule has 0 radical (unpaired) electrons. The van der Waals surface area contributed by atoms with Crippen molar-refractivity contribution >= 4 is 15.6 Å². The average molecular weight is 294 g/mol. The van der Waals surface area contributed by atoms with Crippen molar-refractivity contribution in [1.82, 2.24) is 0 Å². The highest BCUT2D eigenvalue weighted by molar-refractivity contribution is 7.92. The molecule has 0 unspecified atom stereocenters. The van der Waals surface area contributed by atoms with Crippen LogP contribution in [-0.4, -0.2) is 25.7 Å². The number of benzene rings is 1. The van der Waals surface area contributed by atoms with Gasteiger partial charge in [0.15, 0.2) is 15.6 Å². The maximum absolute atomic E-state index is 12.2. The average Bonchev–Trinajstić information content (AvgIpc) is 2.83. The van der Waals surface area contributed by atoms with Gasteiger partial charge >= 0.3 is 0 Å². The Balaban J connectivity index is 2.08. The Bertz CT molecular complexity index is 596. The van der Waals surface area contributed by atoms with Gasteiger partial charge in [-0.15, -0.1) is 0 Å². The first-order valence-corrected chi connectivity index (χ1v) is 9.00. The normalized spacial score (nSPS) is 16.5. The lowest BCUT2D eigenvalue weighted by atomic mass is 10.0. The first-order chi connectivity index (χ1) is 9.37. The van der Waals surface area contributed by atoms with E-state index in [1.54, 1.807) is 6.07 Å². The third-order valence-corrected chi connectivity index (χ3v) is 5.69. The van der Waals surface area contributed by atoms with E-state index in [4.69, 9.17) is 0 Å². The van der Waals surface area contributed by atoms with Gasteiger partial charge in [-0.25, -0.2) is 8.42 Å². The van der Waals surface area contributed by atoms with Crippen molar-refractivity contribution in [2.75, 3.05) is 11.5 Å². The molecule has 0 atom stereocenters. The summed E-state index contributed by atoms with van der Waals surface area (Å²) in [7, 11) is -3.29. The zero-order valence-electron chi connectivity index (χ0n) is 12.2. The summed E-state index contributed by atoms with van der Waals surface area (Å²) in [5.41, 5.74) is 2.36. The summed E-state index contributed by atoms with van der Waals surface area (Å²) in [6.07, 6.45) is 4.20. The zero-order chi connectivity index (χ0) is 14.8. The molecule has 0 saturated heterocycles. The van der Waals surface area contributed by atoms with Crippen LogP contribution in [0.4, 0.5) is 0 Å². The molecular formula is C16H22O3S. The molecule has 0 heterocycles. The van der Waals surface area contributed by atoms with E-state index in [-0.39, 0.29) is 23.2 Å². The molecule has 1 aromatic rings. The lowest BCUT2D eigenvalue weighted by molar-refractivity contribution is 0.102. The molecule has 0 aliphatic heterocycles. The van der Waals surface area contributed by atoms with Crippen LogP contribution in [0, 0.1) is 19.8 Å². The van der Waals surface area contributed by atoms with Gasteiger partial charge in [0.05, 0.1) is 5.75 Å². The molecule has 1 aliphatic rings. The molecule has 1 saturated carbocycles. The first-order valence-electron chi connectivity index (χ1n) is 7.18. The largest absolute Gasteiger partial charge is 0.293 e. The van der Waals surface area contributed by atoms with Crippen LogP contribution in [0.1, 0.15) is 47.2 Å². The van der Waals surface area contributed by atoms with Crippen molar-refractivity contribution in [3.05, 3.63) is 34.9 Å². The number of carbonyl (C=O) groups is 1. The van der Waals surface area contributed by atoms with Crippen LogP contribution in [-0.2, 0) is 9.84 Å². The van der Waals surface area contributed by atoms with E-state index < -0.39 is 9.84 Å². The fourth-order valence-corrected chi connectivity index (χ4v) is 4.63. The Kier molecular flexibility index (Phi) is 4.63. The quantitative estimate of drug-likeness (QED) is 0.784. The van der Waals surface area contributed by atoms with Crippen LogP contribution in [0.25, 0.3) is 0 Å². The molecule has 0 N–H and O–H groups in total. The lowest BCUT2D eigenvalue weighted by Gasteiger charge is -2.10. The summed E-state index contributed by atoms with van der Waals surface area (Å²) in [4.78, 5) is 12.2. The Morgan fingerprint density at radius 2 is 1.85 bits per heavy atom. The van der Waals surface area contributed by atoms with Gasteiger partial charge in [0.25, 0.3) is 0 Å². The highest BCUT2D eigenvalue weighted by Crippen LogP contribution is 2.26. The number of ketones is 1. The van der Waals surface area contributed by atoms with Crippen molar-refractivity contribution in [3.63, 3.8) is 0 Å². The SMILES string of the molecule is Cc1ccc(C)c(C(=O)CS(=O)(=O)CC2CCCC2)c1. The van der Waals surface area contributed by atoms with Crippen LogP contribution in [0.2, 0.25) is 0 Å². The van der Waals surface area contributed by atoms with Gasteiger partial charge < -0.3 is 0 Å². The van der Waals surface area contributed by atoms with E-state index >= 15 is 0 Å². The van der Waals surface area contributed by atoms with Gasteiger partial charge in [-0.3, -0.25) is 4.79 Å². The zero-order valence-corrected chi connectivity index (χ0v) is 13.0. The van der Waals surface area contributed by atoms with Gasteiger partial charge in [0.2, 0.25) is 0 Å². The molecule has 1 fully saturated rings. The Hall–Kier alpha value is -1.16. The summed E-state index contributed by atoms with van der Waals surface area (Å²) < 4.78 is 24.3. The standard InChI is InChI=1S/C16H22O3S/c1-12-7-8-13(2)15(9-12)16(17)11-20(18,19)10-14-5-3-4-6-14/h7-9,14H,3-6,10-11H2,1-2H3. The predicted octanol–water partition coefficient (Wildman–Crippen LogP) is 3.09. The van der Waals surface area contributed by atoms with E-state index in [1.165, 1.54) is 0 Å². The van der Waals surface area contributed by atoms with Gasteiger partial charge in [-0.2, -0.15) is 0 Å².